The van der Waals surface area contributed by atoms with Gasteiger partial charge < -0.3 is 25.1 Å². The molecule has 0 fully saturated rings. The predicted octanol–water partition coefficient (Wildman–Crippen LogP) is 4.56. The maximum Gasteiger partial charge on any atom is 0.315 e. The molecule has 160 valence electrons. The second-order valence-corrected chi connectivity index (χ2v) is 7.49. The Bertz CT molecular complexity index is 1020. The molecule has 3 N–H and O–H groups in total. The maximum atomic E-state index is 13.5. The molecule has 1 atom stereocenters. The Kier molecular flexibility index (Phi) is 6.82. The van der Waals surface area contributed by atoms with E-state index in [4.69, 9.17) is 9.47 Å². The summed E-state index contributed by atoms with van der Waals surface area (Å²) in [6.07, 6.45) is 2.45. The van der Waals surface area contributed by atoms with Crippen molar-refractivity contribution in [3.8, 4) is 11.5 Å². The molecule has 0 bridgehead atoms. The van der Waals surface area contributed by atoms with Crippen LogP contribution in [0, 0.1) is 11.7 Å². The van der Waals surface area contributed by atoms with Crippen molar-refractivity contribution in [3.05, 3.63) is 59.5 Å². The monoisotopic (exact) mass is 413 g/mol. The Morgan fingerprint density at radius 2 is 1.87 bits per heavy atom. The summed E-state index contributed by atoms with van der Waals surface area (Å²) in [4.78, 5) is 15.6. The molecule has 1 unspecified atom stereocenters. The number of halogens is 1. The third kappa shape index (κ3) is 4.84. The van der Waals surface area contributed by atoms with E-state index < -0.39 is 0 Å². The Morgan fingerprint density at radius 3 is 2.57 bits per heavy atom. The Morgan fingerprint density at radius 1 is 1.10 bits per heavy atom. The van der Waals surface area contributed by atoms with Crippen molar-refractivity contribution in [3.63, 3.8) is 0 Å². The number of hydrogen-bond acceptors (Lipinski definition) is 3. The van der Waals surface area contributed by atoms with Crippen molar-refractivity contribution in [1.29, 1.82) is 0 Å². The number of amides is 2. The fourth-order valence-electron chi connectivity index (χ4n) is 3.54. The molecule has 1 heterocycles. The van der Waals surface area contributed by atoms with E-state index in [2.05, 4.69) is 15.6 Å². The van der Waals surface area contributed by atoms with E-state index in [-0.39, 0.29) is 23.8 Å². The molecule has 7 heteroatoms. The minimum atomic E-state index is -0.274. The van der Waals surface area contributed by atoms with Crippen molar-refractivity contribution < 1.29 is 18.7 Å². The molecule has 0 aliphatic heterocycles. The standard InChI is InChI=1S/C23H28FN3O3/c1-14(2)22(15-5-8-20(29-3)21(11-15)30-4)27-23(28)25-10-9-16-13-26-19-7-6-17(24)12-18(16)19/h5-8,11-14,22,26H,9-10H2,1-4H3,(H2,25,27,28). The molecular formula is C23H28FN3O3. The lowest BCUT2D eigenvalue weighted by molar-refractivity contribution is 0.233. The van der Waals surface area contributed by atoms with Crippen LogP contribution in [-0.2, 0) is 6.42 Å². The third-order valence-electron chi connectivity index (χ3n) is 5.13. The van der Waals surface area contributed by atoms with Crippen molar-refractivity contribution in [2.45, 2.75) is 26.3 Å². The Labute approximate surface area is 175 Å². The zero-order chi connectivity index (χ0) is 21.7. The number of H-pyrrole nitrogens is 1. The molecule has 1 aromatic heterocycles. The summed E-state index contributed by atoms with van der Waals surface area (Å²) in [5, 5.41) is 6.76. The van der Waals surface area contributed by atoms with E-state index in [9.17, 15) is 9.18 Å². The smallest absolute Gasteiger partial charge is 0.315 e. The van der Waals surface area contributed by atoms with Crippen LogP contribution in [0.2, 0.25) is 0 Å². The van der Waals surface area contributed by atoms with Crippen LogP contribution in [0.3, 0.4) is 0 Å². The fraction of sp³-hybridized carbons (Fsp3) is 0.348. The molecule has 3 rings (SSSR count). The number of carbonyl (C=O) groups excluding carboxylic acids is 1. The first kappa shape index (κ1) is 21.5. The zero-order valence-electron chi connectivity index (χ0n) is 17.7. The van der Waals surface area contributed by atoms with Gasteiger partial charge in [-0.25, -0.2) is 9.18 Å². The van der Waals surface area contributed by atoms with Crippen LogP contribution in [0.4, 0.5) is 9.18 Å². The van der Waals surface area contributed by atoms with Crippen LogP contribution in [-0.4, -0.2) is 31.8 Å². The highest BCUT2D eigenvalue weighted by molar-refractivity contribution is 5.83. The van der Waals surface area contributed by atoms with Gasteiger partial charge in [0, 0.05) is 23.6 Å². The van der Waals surface area contributed by atoms with Crippen LogP contribution in [0.25, 0.3) is 10.9 Å². The average molecular weight is 413 g/mol. The third-order valence-corrected chi connectivity index (χ3v) is 5.13. The van der Waals surface area contributed by atoms with Crippen molar-refractivity contribution in [2.24, 2.45) is 5.92 Å². The minimum Gasteiger partial charge on any atom is -0.493 e. The second-order valence-electron chi connectivity index (χ2n) is 7.49. The van der Waals surface area contributed by atoms with Gasteiger partial charge in [-0.15, -0.1) is 0 Å². The zero-order valence-corrected chi connectivity index (χ0v) is 17.7. The molecule has 2 amide bonds. The quantitative estimate of drug-likeness (QED) is 0.507. The molecular weight excluding hydrogens is 385 g/mol. The molecule has 0 saturated carbocycles. The second kappa shape index (κ2) is 9.52. The van der Waals surface area contributed by atoms with E-state index in [1.165, 1.54) is 12.1 Å². The molecule has 6 nitrogen and oxygen atoms in total. The number of carbonyl (C=O) groups is 1. The van der Waals surface area contributed by atoms with Gasteiger partial charge in [0.2, 0.25) is 0 Å². The van der Waals surface area contributed by atoms with Gasteiger partial charge in [-0.1, -0.05) is 19.9 Å². The number of rotatable bonds is 8. The minimum absolute atomic E-state index is 0.172. The van der Waals surface area contributed by atoms with Gasteiger partial charge in [0.05, 0.1) is 20.3 Å². The van der Waals surface area contributed by atoms with Crippen LogP contribution in [0.1, 0.15) is 31.0 Å². The SMILES string of the molecule is COc1ccc(C(NC(=O)NCCc2c[nH]c3ccc(F)cc23)C(C)C)cc1OC. The number of ether oxygens (including phenoxy) is 2. The highest BCUT2D eigenvalue weighted by Crippen LogP contribution is 2.32. The number of methoxy groups -OCH3 is 2. The number of fused-ring (bicyclic) bond motifs is 1. The molecule has 0 saturated heterocycles. The van der Waals surface area contributed by atoms with E-state index >= 15 is 0 Å². The summed E-state index contributed by atoms with van der Waals surface area (Å²) in [7, 11) is 3.17. The normalized spacial score (nSPS) is 12.1. The number of benzene rings is 2. The van der Waals surface area contributed by atoms with Gasteiger partial charge in [0.1, 0.15) is 5.82 Å². The Hall–Kier alpha value is -3.22. The van der Waals surface area contributed by atoms with Gasteiger partial charge in [-0.3, -0.25) is 0 Å². The van der Waals surface area contributed by atoms with E-state index in [0.29, 0.717) is 24.5 Å². The lowest BCUT2D eigenvalue weighted by Gasteiger charge is -2.24. The van der Waals surface area contributed by atoms with Crippen LogP contribution in [0.5, 0.6) is 11.5 Å². The highest BCUT2D eigenvalue weighted by Gasteiger charge is 2.20. The summed E-state index contributed by atoms with van der Waals surface area (Å²) in [5.41, 5.74) is 2.78. The lowest BCUT2D eigenvalue weighted by atomic mass is 9.96. The molecule has 0 spiro atoms. The molecule has 3 aromatic rings. The van der Waals surface area contributed by atoms with Crippen molar-refractivity contribution in [1.82, 2.24) is 15.6 Å². The summed E-state index contributed by atoms with van der Waals surface area (Å²) in [5.74, 6) is 1.16. The van der Waals surface area contributed by atoms with Crippen molar-refractivity contribution in [2.75, 3.05) is 20.8 Å². The predicted molar refractivity (Wildman–Crippen MR) is 116 cm³/mol. The van der Waals surface area contributed by atoms with Gasteiger partial charge in [-0.05, 0) is 53.8 Å². The van der Waals surface area contributed by atoms with Crippen LogP contribution in [0.15, 0.2) is 42.6 Å². The fourth-order valence-corrected chi connectivity index (χ4v) is 3.54. The first-order valence-electron chi connectivity index (χ1n) is 9.94. The molecule has 0 aliphatic carbocycles. The number of aromatic nitrogens is 1. The lowest BCUT2D eigenvalue weighted by Crippen LogP contribution is -2.40. The summed E-state index contributed by atoms with van der Waals surface area (Å²) in [6, 6.07) is 9.84. The molecule has 0 radical (unpaired) electrons. The molecule has 30 heavy (non-hydrogen) atoms. The van der Waals surface area contributed by atoms with Crippen LogP contribution >= 0.6 is 0 Å². The summed E-state index contributed by atoms with van der Waals surface area (Å²) >= 11 is 0. The van der Waals surface area contributed by atoms with Gasteiger partial charge in [0.25, 0.3) is 0 Å². The largest absolute Gasteiger partial charge is 0.493 e. The average Bonchev–Trinajstić information content (AvgIpc) is 3.13. The van der Waals surface area contributed by atoms with Crippen molar-refractivity contribution >= 4 is 16.9 Å². The first-order chi connectivity index (χ1) is 14.4. The van der Waals surface area contributed by atoms with Gasteiger partial charge >= 0.3 is 6.03 Å². The van der Waals surface area contributed by atoms with E-state index in [1.54, 1.807) is 20.3 Å². The van der Waals surface area contributed by atoms with Crippen LogP contribution < -0.4 is 20.1 Å². The topological polar surface area (TPSA) is 75.4 Å². The maximum absolute atomic E-state index is 13.5. The summed E-state index contributed by atoms with van der Waals surface area (Å²) in [6.45, 7) is 4.52. The van der Waals surface area contributed by atoms with Gasteiger partial charge in [-0.2, -0.15) is 0 Å². The number of hydrogen-bond donors (Lipinski definition) is 3. The van der Waals surface area contributed by atoms with Gasteiger partial charge in [0.15, 0.2) is 11.5 Å². The molecule has 2 aromatic carbocycles. The van der Waals surface area contributed by atoms with E-state index in [0.717, 1.165) is 22.0 Å². The number of urea groups is 1. The summed E-state index contributed by atoms with van der Waals surface area (Å²) < 4.78 is 24.2. The van der Waals surface area contributed by atoms with E-state index in [1.807, 2.05) is 38.2 Å². The number of aromatic amines is 1. The Balaban J connectivity index is 1.62. The highest BCUT2D eigenvalue weighted by atomic mass is 19.1. The first-order valence-corrected chi connectivity index (χ1v) is 9.94. The molecule has 0 aliphatic rings. The number of nitrogens with one attached hydrogen (secondary N) is 3.